The van der Waals surface area contributed by atoms with Crippen LogP contribution in [0.3, 0.4) is 0 Å². The highest BCUT2D eigenvalue weighted by atomic mass is 32.2. The first-order chi connectivity index (χ1) is 9.65. The predicted octanol–water partition coefficient (Wildman–Crippen LogP) is 5.71. The van der Waals surface area contributed by atoms with Crippen molar-refractivity contribution in [1.82, 2.24) is 0 Å². The van der Waals surface area contributed by atoms with Crippen LogP contribution in [0.25, 0.3) is 0 Å². The fourth-order valence-electron chi connectivity index (χ4n) is 1.56. The molecule has 0 aromatic heterocycles. The van der Waals surface area contributed by atoms with E-state index < -0.39 is 8.32 Å². The van der Waals surface area contributed by atoms with Crippen molar-refractivity contribution in [3.63, 3.8) is 0 Å². The third kappa shape index (κ3) is 5.89. The molecule has 1 unspecified atom stereocenters. The Balaban J connectivity index is 2.52. The lowest BCUT2D eigenvalue weighted by Crippen LogP contribution is -2.42. The number of hydrogen-bond donors (Lipinski definition) is 0. The van der Waals surface area contributed by atoms with Gasteiger partial charge in [-0.2, -0.15) is 0 Å². The molecule has 1 rings (SSSR count). The molecule has 0 fully saturated rings. The maximum absolute atomic E-state index is 6.30. The maximum atomic E-state index is 6.30. The molecule has 0 bridgehead atoms. The van der Waals surface area contributed by atoms with Gasteiger partial charge in [0.1, 0.15) is 5.75 Å². The van der Waals surface area contributed by atoms with Crippen molar-refractivity contribution >= 4 is 20.1 Å². The molecule has 21 heavy (non-hydrogen) atoms. The van der Waals surface area contributed by atoms with Crippen LogP contribution in [0.2, 0.25) is 18.1 Å². The molecule has 0 saturated carbocycles. The summed E-state index contributed by atoms with van der Waals surface area (Å²) in [6.45, 7) is 13.5. The molecule has 4 heteroatoms. The fourth-order valence-corrected chi connectivity index (χ4v) is 3.68. The Kier molecular flexibility index (Phi) is 6.57. The van der Waals surface area contributed by atoms with Crippen LogP contribution in [0.1, 0.15) is 27.7 Å². The molecule has 118 valence electrons. The Morgan fingerprint density at radius 1 is 1.14 bits per heavy atom. The van der Waals surface area contributed by atoms with Crippen molar-refractivity contribution in [2.75, 3.05) is 7.11 Å². The zero-order valence-electron chi connectivity index (χ0n) is 14.3. The van der Waals surface area contributed by atoms with Gasteiger partial charge >= 0.3 is 0 Å². The Bertz CT molecular complexity index is 461. The smallest absolute Gasteiger partial charge is 0.192 e. The second-order valence-electron chi connectivity index (χ2n) is 6.71. The minimum Gasteiger partial charge on any atom is -0.497 e. The molecule has 2 nitrogen and oxygen atoms in total. The van der Waals surface area contributed by atoms with Crippen LogP contribution in [0, 0.1) is 0 Å². The molecule has 0 heterocycles. The largest absolute Gasteiger partial charge is 0.497 e. The van der Waals surface area contributed by atoms with Crippen molar-refractivity contribution < 1.29 is 9.16 Å². The van der Waals surface area contributed by atoms with Crippen LogP contribution in [0.5, 0.6) is 5.75 Å². The lowest BCUT2D eigenvalue weighted by molar-refractivity contribution is 0.243. The highest BCUT2D eigenvalue weighted by Gasteiger charge is 2.37. The van der Waals surface area contributed by atoms with E-state index in [1.165, 1.54) is 4.90 Å². The first-order valence-corrected chi connectivity index (χ1v) is 11.1. The number of rotatable bonds is 6. The Labute approximate surface area is 135 Å². The molecule has 0 N–H and O–H groups in total. The second-order valence-corrected chi connectivity index (χ2v) is 12.4. The molecule has 0 aliphatic carbocycles. The minimum absolute atomic E-state index is 0.150. The van der Waals surface area contributed by atoms with Gasteiger partial charge in [0.2, 0.25) is 0 Å². The van der Waals surface area contributed by atoms with Crippen molar-refractivity contribution in [2.24, 2.45) is 0 Å². The first kappa shape index (κ1) is 18.3. The van der Waals surface area contributed by atoms with Gasteiger partial charge in [0.15, 0.2) is 8.32 Å². The van der Waals surface area contributed by atoms with Crippen LogP contribution in [0.4, 0.5) is 0 Å². The Hall–Kier alpha value is -0.713. The second kappa shape index (κ2) is 7.52. The monoisotopic (exact) mass is 324 g/mol. The molecule has 1 aromatic rings. The van der Waals surface area contributed by atoms with Crippen molar-refractivity contribution in [1.29, 1.82) is 0 Å². The lowest BCUT2D eigenvalue weighted by Gasteiger charge is -2.37. The summed E-state index contributed by atoms with van der Waals surface area (Å²) in [6.07, 6.45) is 2.28. The van der Waals surface area contributed by atoms with E-state index in [1.807, 2.05) is 12.1 Å². The normalized spacial score (nSPS) is 14.4. The summed E-state index contributed by atoms with van der Waals surface area (Å²) >= 11 is 1.70. The summed E-state index contributed by atoms with van der Waals surface area (Å²) in [5.41, 5.74) is 0. The summed E-state index contributed by atoms with van der Waals surface area (Å²) in [7, 11) is -0.00422. The van der Waals surface area contributed by atoms with E-state index in [9.17, 15) is 0 Å². The van der Waals surface area contributed by atoms with Gasteiger partial charge in [-0.05, 0) is 54.7 Å². The maximum Gasteiger partial charge on any atom is 0.192 e. The van der Waals surface area contributed by atoms with Gasteiger partial charge in [-0.15, -0.1) is 0 Å². The summed E-state index contributed by atoms with van der Waals surface area (Å²) in [6, 6.07) is 8.08. The average molecular weight is 325 g/mol. The van der Waals surface area contributed by atoms with Crippen LogP contribution in [-0.2, 0) is 4.43 Å². The number of thioether (sulfide) groups is 1. The third-order valence-corrected chi connectivity index (χ3v) is 9.31. The number of benzene rings is 1. The minimum atomic E-state index is -1.69. The molecule has 0 spiro atoms. The lowest BCUT2D eigenvalue weighted by atomic mass is 10.2. The molecule has 1 atom stereocenters. The standard InChI is InChI=1S/C17H28O2SSi/c1-14(19-21(6,7)17(2,3)4)12-13-20-16-10-8-15(18-5)9-11-16/h8-14H,1-7H3/b13-12-. The van der Waals surface area contributed by atoms with Gasteiger partial charge in [-0.3, -0.25) is 0 Å². The van der Waals surface area contributed by atoms with Gasteiger partial charge in [0, 0.05) is 4.90 Å². The summed E-state index contributed by atoms with van der Waals surface area (Å²) in [5.74, 6) is 0.887. The van der Waals surface area contributed by atoms with Crippen LogP contribution in [0.15, 0.2) is 40.6 Å². The van der Waals surface area contributed by atoms with Gasteiger partial charge in [0.25, 0.3) is 0 Å². The number of methoxy groups -OCH3 is 1. The van der Waals surface area contributed by atoms with Crippen LogP contribution in [-0.4, -0.2) is 21.5 Å². The highest BCUT2D eigenvalue weighted by Crippen LogP contribution is 2.37. The first-order valence-electron chi connectivity index (χ1n) is 7.31. The topological polar surface area (TPSA) is 18.5 Å². The van der Waals surface area contributed by atoms with Gasteiger partial charge in [-0.1, -0.05) is 38.6 Å². The van der Waals surface area contributed by atoms with Crippen molar-refractivity contribution in [3.8, 4) is 5.75 Å². The zero-order valence-corrected chi connectivity index (χ0v) is 16.1. The molecular formula is C17H28O2SSi. The van der Waals surface area contributed by atoms with Crippen LogP contribution >= 0.6 is 11.8 Å². The van der Waals surface area contributed by atoms with Crippen molar-refractivity contribution in [2.45, 2.75) is 56.8 Å². The van der Waals surface area contributed by atoms with E-state index in [2.05, 4.69) is 64.4 Å². The van der Waals surface area contributed by atoms with E-state index in [4.69, 9.17) is 9.16 Å². The molecule has 0 aliphatic rings. The van der Waals surface area contributed by atoms with E-state index in [-0.39, 0.29) is 11.1 Å². The van der Waals surface area contributed by atoms with Crippen LogP contribution < -0.4 is 4.74 Å². The van der Waals surface area contributed by atoms with E-state index >= 15 is 0 Å². The van der Waals surface area contributed by atoms with E-state index in [0.29, 0.717) is 0 Å². The fraction of sp³-hybridized carbons (Fsp3) is 0.529. The summed E-state index contributed by atoms with van der Waals surface area (Å²) in [4.78, 5) is 1.20. The Morgan fingerprint density at radius 3 is 2.19 bits per heavy atom. The quantitative estimate of drug-likeness (QED) is 0.493. The predicted molar refractivity (Wildman–Crippen MR) is 95.7 cm³/mol. The average Bonchev–Trinajstić information content (AvgIpc) is 2.37. The zero-order chi connectivity index (χ0) is 16.1. The molecule has 0 amide bonds. The number of hydrogen-bond acceptors (Lipinski definition) is 3. The van der Waals surface area contributed by atoms with E-state index in [1.54, 1.807) is 18.9 Å². The van der Waals surface area contributed by atoms with Gasteiger partial charge < -0.3 is 9.16 Å². The van der Waals surface area contributed by atoms with Crippen molar-refractivity contribution in [3.05, 3.63) is 35.7 Å². The van der Waals surface area contributed by atoms with E-state index in [0.717, 1.165) is 5.75 Å². The molecule has 0 radical (unpaired) electrons. The molecular weight excluding hydrogens is 296 g/mol. The Morgan fingerprint density at radius 2 is 1.71 bits per heavy atom. The highest BCUT2D eigenvalue weighted by molar-refractivity contribution is 8.02. The third-order valence-electron chi connectivity index (χ3n) is 3.90. The van der Waals surface area contributed by atoms with Gasteiger partial charge in [-0.25, -0.2) is 0 Å². The number of ether oxygens (including phenoxy) is 1. The van der Waals surface area contributed by atoms with Gasteiger partial charge in [0.05, 0.1) is 13.2 Å². The summed E-state index contributed by atoms with van der Waals surface area (Å²) in [5, 5.41) is 2.36. The molecule has 0 saturated heterocycles. The molecule has 0 aliphatic heterocycles. The molecule has 1 aromatic carbocycles. The summed E-state index contributed by atoms with van der Waals surface area (Å²) < 4.78 is 11.5. The SMILES string of the molecule is COc1ccc(S/C=C\C(C)O[Si](C)(C)C(C)(C)C)cc1.